The van der Waals surface area contributed by atoms with Crippen LogP contribution >= 0.6 is 15.9 Å². The largest absolute Gasteiger partial charge is 0.310 e. The Hall–Kier alpha value is -0.430. The third-order valence-corrected chi connectivity index (χ3v) is 7.03. The minimum atomic E-state index is -3.41. The number of halogens is 1. The number of hydrogen-bond donors (Lipinski definition) is 1. The molecule has 2 aliphatic heterocycles. The minimum absolute atomic E-state index is 0.307. The van der Waals surface area contributed by atoms with E-state index in [9.17, 15) is 8.42 Å². The van der Waals surface area contributed by atoms with Crippen molar-refractivity contribution in [1.29, 1.82) is 0 Å². The fraction of sp³-hybridized carbons (Fsp3) is 0.571. The third-order valence-electron chi connectivity index (χ3n) is 4.19. The van der Waals surface area contributed by atoms with Gasteiger partial charge in [0.1, 0.15) is 0 Å². The van der Waals surface area contributed by atoms with E-state index in [-0.39, 0.29) is 0 Å². The summed E-state index contributed by atoms with van der Waals surface area (Å²) in [6, 6.07) is 6.20. The van der Waals surface area contributed by atoms with Crippen molar-refractivity contribution in [3.05, 3.63) is 28.2 Å². The van der Waals surface area contributed by atoms with Gasteiger partial charge in [0, 0.05) is 29.6 Å². The molecule has 2 bridgehead atoms. The van der Waals surface area contributed by atoms with Crippen LogP contribution in [0.4, 0.5) is 0 Å². The second-order valence-electron chi connectivity index (χ2n) is 5.72. The average molecular weight is 359 g/mol. The van der Waals surface area contributed by atoms with Crippen molar-refractivity contribution in [1.82, 2.24) is 9.62 Å². The summed E-state index contributed by atoms with van der Waals surface area (Å²) in [4.78, 5) is 0.376. The summed E-state index contributed by atoms with van der Waals surface area (Å²) in [6.45, 7) is 3.14. The van der Waals surface area contributed by atoms with Gasteiger partial charge in [0.25, 0.3) is 0 Å². The number of hydrogen-bond acceptors (Lipinski definition) is 3. The zero-order chi connectivity index (χ0) is 14.3. The number of aryl methyl sites for hydroxylation is 1. The van der Waals surface area contributed by atoms with Gasteiger partial charge in [-0.1, -0.05) is 6.07 Å². The summed E-state index contributed by atoms with van der Waals surface area (Å²) < 4.78 is 27.9. The predicted molar refractivity (Wildman–Crippen MR) is 82.2 cm³/mol. The predicted octanol–water partition coefficient (Wildman–Crippen LogP) is 2.27. The molecule has 110 valence electrons. The van der Waals surface area contributed by atoms with Gasteiger partial charge in [-0.2, -0.15) is 4.31 Å². The summed E-state index contributed by atoms with van der Waals surface area (Å²) in [5.74, 6) is 0. The summed E-state index contributed by atoms with van der Waals surface area (Å²) >= 11 is 3.39. The molecule has 0 spiro atoms. The number of nitrogens with zero attached hydrogens (tertiary/aromatic N) is 1. The molecular weight excluding hydrogens is 340 g/mol. The first kappa shape index (κ1) is 14.5. The van der Waals surface area contributed by atoms with Crippen LogP contribution in [0.5, 0.6) is 0 Å². The molecule has 1 N–H and O–H groups in total. The molecule has 0 radical (unpaired) electrons. The van der Waals surface area contributed by atoms with Gasteiger partial charge in [-0.15, -0.1) is 0 Å². The Kier molecular flexibility index (Phi) is 3.92. The Bertz CT molecular complexity index is 618. The van der Waals surface area contributed by atoms with E-state index in [1.807, 2.05) is 19.1 Å². The van der Waals surface area contributed by atoms with E-state index in [0.717, 1.165) is 18.4 Å². The average Bonchev–Trinajstić information content (AvgIpc) is 2.67. The maximum absolute atomic E-state index is 12.8. The van der Waals surface area contributed by atoms with Gasteiger partial charge in [0.05, 0.1) is 4.90 Å². The number of fused-ring (bicyclic) bond motifs is 2. The summed E-state index contributed by atoms with van der Waals surface area (Å²) in [5.41, 5.74) is 1.05. The van der Waals surface area contributed by atoms with Crippen molar-refractivity contribution >= 4 is 26.0 Å². The molecule has 0 aromatic heterocycles. The maximum Gasteiger partial charge on any atom is 0.244 e. The Morgan fingerprint density at radius 3 is 2.75 bits per heavy atom. The maximum atomic E-state index is 12.8. The number of sulfonamides is 1. The highest BCUT2D eigenvalue weighted by Crippen LogP contribution is 2.29. The third kappa shape index (κ3) is 2.66. The van der Waals surface area contributed by atoms with Crippen LogP contribution in [0, 0.1) is 6.92 Å². The van der Waals surface area contributed by atoms with Crippen LogP contribution in [-0.2, 0) is 10.0 Å². The van der Waals surface area contributed by atoms with Gasteiger partial charge < -0.3 is 5.32 Å². The van der Waals surface area contributed by atoms with Crippen LogP contribution < -0.4 is 5.32 Å². The van der Waals surface area contributed by atoms with E-state index < -0.39 is 10.0 Å². The number of benzene rings is 1. The van der Waals surface area contributed by atoms with Crippen LogP contribution in [0.25, 0.3) is 0 Å². The van der Waals surface area contributed by atoms with E-state index in [0.29, 0.717) is 34.5 Å². The molecule has 2 saturated heterocycles. The first-order valence-electron chi connectivity index (χ1n) is 6.99. The Labute approximate surface area is 128 Å². The highest BCUT2D eigenvalue weighted by Gasteiger charge is 2.35. The fourth-order valence-corrected chi connectivity index (χ4v) is 5.74. The number of nitrogens with one attached hydrogen (secondary N) is 1. The van der Waals surface area contributed by atoms with Crippen molar-refractivity contribution in [3.63, 3.8) is 0 Å². The fourth-order valence-electron chi connectivity index (χ4n) is 3.08. The molecule has 2 unspecified atom stereocenters. The summed E-state index contributed by atoms with van der Waals surface area (Å²) in [7, 11) is -3.41. The smallest absolute Gasteiger partial charge is 0.244 e. The van der Waals surface area contributed by atoms with E-state index >= 15 is 0 Å². The van der Waals surface area contributed by atoms with Gasteiger partial charge in [-0.3, -0.25) is 0 Å². The van der Waals surface area contributed by atoms with Crippen LogP contribution in [0.2, 0.25) is 0 Å². The van der Waals surface area contributed by atoms with Crippen molar-refractivity contribution in [2.24, 2.45) is 0 Å². The lowest BCUT2D eigenvalue weighted by Gasteiger charge is -2.24. The van der Waals surface area contributed by atoms with Gasteiger partial charge in [0.15, 0.2) is 0 Å². The van der Waals surface area contributed by atoms with E-state index in [1.165, 1.54) is 6.42 Å². The molecule has 4 nitrogen and oxygen atoms in total. The first-order valence-corrected chi connectivity index (χ1v) is 9.22. The van der Waals surface area contributed by atoms with Gasteiger partial charge in [-0.25, -0.2) is 8.42 Å². The van der Waals surface area contributed by atoms with E-state index in [4.69, 9.17) is 0 Å². The quantitative estimate of drug-likeness (QED) is 0.882. The van der Waals surface area contributed by atoms with Crippen LogP contribution in [-0.4, -0.2) is 37.9 Å². The zero-order valence-electron chi connectivity index (χ0n) is 11.5. The molecular formula is C14H19BrN2O2S. The molecule has 2 heterocycles. The monoisotopic (exact) mass is 358 g/mol. The highest BCUT2D eigenvalue weighted by molar-refractivity contribution is 9.10. The summed E-state index contributed by atoms with van der Waals surface area (Å²) in [6.07, 6.45) is 3.15. The van der Waals surface area contributed by atoms with Crippen molar-refractivity contribution in [3.8, 4) is 0 Å². The lowest BCUT2D eigenvalue weighted by molar-refractivity contribution is 0.383. The lowest BCUT2D eigenvalue weighted by Crippen LogP contribution is -2.39. The molecule has 1 aromatic carbocycles. The number of rotatable bonds is 2. The molecule has 2 aliphatic rings. The Morgan fingerprint density at radius 1 is 1.25 bits per heavy atom. The standard InChI is InChI=1S/C14H19BrN2O2S/c1-10-2-5-14(13(15)8-10)20(18,19)17-7-6-11-3-4-12(9-17)16-11/h2,5,8,11-12,16H,3-4,6-7,9H2,1H3. The second kappa shape index (κ2) is 5.40. The molecule has 2 atom stereocenters. The van der Waals surface area contributed by atoms with Crippen molar-refractivity contribution in [2.45, 2.75) is 43.2 Å². The highest BCUT2D eigenvalue weighted by atomic mass is 79.9. The Balaban J connectivity index is 1.91. The second-order valence-corrected chi connectivity index (χ2v) is 8.48. The van der Waals surface area contributed by atoms with Crippen molar-refractivity contribution in [2.75, 3.05) is 13.1 Å². The molecule has 2 fully saturated rings. The van der Waals surface area contributed by atoms with Crippen LogP contribution in [0.3, 0.4) is 0 Å². The molecule has 0 amide bonds. The molecule has 0 saturated carbocycles. The zero-order valence-corrected chi connectivity index (χ0v) is 13.9. The van der Waals surface area contributed by atoms with E-state index in [1.54, 1.807) is 10.4 Å². The van der Waals surface area contributed by atoms with E-state index in [2.05, 4.69) is 21.2 Å². The minimum Gasteiger partial charge on any atom is -0.310 e. The van der Waals surface area contributed by atoms with Crippen LogP contribution in [0.15, 0.2) is 27.6 Å². The summed E-state index contributed by atoms with van der Waals surface area (Å²) in [5, 5.41) is 3.51. The molecule has 3 rings (SSSR count). The Morgan fingerprint density at radius 2 is 2.00 bits per heavy atom. The van der Waals surface area contributed by atoms with Crippen LogP contribution in [0.1, 0.15) is 24.8 Å². The van der Waals surface area contributed by atoms with Gasteiger partial charge in [0.2, 0.25) is 10.0 Å². The normalized spacial score (nSPS) is 27.5. The SMILES string of the molecule is Cc1ccc(S(=O)(=O)N2CCC3CCC(C2)N3)c(Br)c1. The van der Waals surface area contributed by atoms with Gasteiger partial charge in [-0.05, 0) is 59.8 Å². The molecule has 20 heavy (non-hydrogen) atoms. The van der Waals surface area contributed by atoms with Crippen molar-refractivity contribution < 1.29 is 8.42 Å². The van der Waals surface area contributed by atoms with Gasteiger partial charge >= 0.3 is 0 Å². The molecule has 0 aliphatic carbocycles. The topological polar surface area (TPSA) is 49.4 Å². The molecule has 1 aromatic rings. The molecule has 6 heteroatoms. The lowest BCUT2D eigenvalue weighted by atomic mass is 10.1. The first-order chi connectivity index (χ1) is 9.46.